The van der Waals surface area contributed by atoms with Crippen molar-refractivity contribution in [3.63, 3.8) is 0 Å². The highest BCUT2D eigenvalue weighted by Crippen LogP contribution is 2.17. The molecule has 1 fully saturated rings. The molecule has 2 atom stereocenters. The number of hydrogen-bond donors (Lipinski definition) is 2. The molecule has 0 unspecified atom stereocenters. The summed E-state index contributed by atoms with van der Waals surface area (Å²) < 4.78 is 12.5. The van der Waals surface area contributed by atoms with Crippen LogP contribution in [0.25, 0.3) is 11.2 Å². The first-order valence-electron chi connectivity index (χ1n) is 5.57. The number of rotatable bonds is 3. The predicted octanol–water partition coefficient (Wildman–Crippen LogP) is -0.858. The molecule has 2 aromatic heterocycles. The molecule has 0 amide bonds. The van der Waals surface area contributed by atoms with Gasteiger partial charge < -0.3 is 24.9 Å². The predicted molar refractivity (Wildman–Crippen MR) is 61.4 cm³/mol. The van der Waals surface area contributed by atoms with Gasteiger partial charge in [0.2, 0.25) is 0 Å². The smallest absolute Gasteiger partial charge is 0.181 e. The SMILES string of the molecule is Nc1ncnc2c1ncn2C[C@H]1CO[C@@H](CO)O1. The minimum Gasteiger partial charge on any atom is -0.391 e. The average molecular weight is 251 g/mol. The van der Waals surface area contributed by atoms with Crippen molar-refractivity contribution in [3.05, 3.63) is 12.7 Å². The van der Waals surface area contributed by atoms with Crippen molar-refractivity contribution in [2.75, 3.05) is 18.9 Å². The van der Waals surface area contributed by atoms with E-state index in [-0.39, 0.29) is 12.7 Å². The van der Waals surface area contributed by atoms with Gasteiger partial charge >= 0.3 is 0 Å². The number of imidazole rings is 1. The lowest BCUT2D eigenvalue weighted by Gasteiger charge is -2.10. The molecule has 18 heavy (non-hydrogen) atoms. The highest BCUT2D eigenvalue weighted by molar-refractivity contribution is 5.81. The molecule has 0 bridgehead atoms. The van der Waals surface area contributed by atoms with Crippen molar-refractivity contribution in [3.8, 4) is 0 Å². The van der Waals surface area contributed by atoms with E-state index in [1.165, 1.54) is 6.33 Å². The van der Waals surface area contributed by atoms with Gasteiger partial charge in [-0.25, -0.2) is 15.0 Å². The number of aliphatic hydroxyl groups is 1. The molecule has 2 aromatic rings. The molecule has 0 radical (unpaired) electrons. The van der Waals surface area contributed by atoms with E-state index < -0.39 is 6.29 Å². The number of fused-ring (bicyclic) bond motifs is 1. The van der Waals surface area contributed by atoms with Crippen LogP contribution in [0.4, 0.5) is 5.82 Å². The summed E-state index contributed by atoms with van der Waals surface area (Å²) in [7, 11) is 0. The molecule has 0 aliphatic carbocycles. The fourth-order valence-electron chi connectivity index (χ4n) is 1.95. The highest BCUT2D eigenvalue weighted by Gasteiger charge is 2.26. The standard InChI is InChI=1S/C10H13N5O3/c11-9-8-10(13-4-12-9)15(5-14-8)1-6-3-17-7(2-16)18-6/h4-7,16H,1-3H2,(H2,11,12,13)/t6-,7+/m0/s1. The summed E-state index contributed by atoms with van der Waals surface area (Å²) in [5.41, 5.74) is 6.95. The average Bonchev–Trinajstić information content (AvgIpc) is 2.98. The summed E-state index contributed by atoms with van der Waals surface area (Å²) in [6.07, 6.45) is 2.38. The van der Waals surface area contributed by atoms with E-state index in [2.05, 4.69) is 15.0 Å². The zero-order valence-electron chi connectivity index (χ0n) is 9.56. The van der Waals surface area contributed by atoms with Crippen LogP contribution in [-0.4, -0.2) is 50.2 Å². The topological polar surface area (TPSA) is 108 Å². The third kappa shape index (κ3) is 1.90. The molecule has 3 rings (SSSR count). The molecule has 1 aliphatic heterocycles. The molecule has 0 saturated carbocycles. The monoisotopic (exact) mass is 251 g/mol. The molecule has 1 aliphatic rings. The van der Waals surface area contributed by atoms with E-state index in [1.54, 1.807) is 6.33 Å². The van der Waals surface area contributed by atoms with Gasteiger partial charge in [0.05, 0.1) is 26.1 Å². The van der Waals surface area contributed by atoms with Crippen molar-refractivity contribution in [2.45, 2.75) is 18.9 Å². The van der Waals surface area contributed by atoms with E-state index in [1.807, 2.05) is 4.57 Å². The molecule has 0 spiro atoms. The van der Waals surface area contributed by atoms with Crippen LogP contribution in [0, 0.1) is 0 Å². The minimum absolute atomic E-state index is 0.129. The second-order valence-corrected chi connectivity index (χ2v) is 4.03. The first-order chi connectivity index (χ1) is 8.78. The molecule has 3 heterocycles. The van der Waals surface area contributed by atoms with Crippen molar-refractivity contribution >= 4 is 17.0 Å². The largest absolute Gasteiger partial charge is 0.391 e. The Labute approximate surface area is 102 Å². The van der Waals surface area contributed by atoms with Gasteiger partial charge in [0.25, 0.3) is 0 Å². The molecule has 0 aromatic carbocycles. The summed E-state index contributed by atoms with van der Waals surface area (Å²) >= 11 is 0. The zero-order valence-corrected chi connectivity index (χ0v) is 9.56. The van der Waals surface area contributed by atoms with Crippen LogP contribution in [0.5, 0.6) is 0 Å². The lowest BCUT2D eigenvalue weighted by Crippen LogP contribution is -2.20. The van der Waals surface area contributed by atoms with Crippen molar-refractivity contribution in [1.82, 2.24) is 19.5 Å². The van der Waals surface area contributed by atoms with Gasteiger partial charge in [-0.15, -0.1) is 0 Å². The Morgan fingerprint density at radius 3 is 3.11 bits per heavy atom. The van der Waals surface area contributed by atoms with E-state index >= 15 is 0 Å². The number of nitrogens with two attached hydrogens (primary N) is 1. The van der Waals surface area contributed by atoms with Crippen LogP contribution < -0.4 is 5.73 Å². The first-order valence-corrected chi connectivity index (χ1v) is 5.57. The number of nitrogens with zero attached hydrogens (tertiary/aromatic N) is 4. The van der Waals surface area contributed by atoms with Crippen molar-refractivity contribution in [2.24, 2.45) is 0 Å². The second-order valence-electron chi connectivity index (χ2n) is 4.03. The Kier molecular flexibility index (Phi) is 2.82. The van der Waals surface area contributed by atoms with Gasteiger partial charge in [-0.05, 0) is 0 Å². The third-order valence-corrected chi connectivity index (χ3v) is 2.79. The van der Waals surface area contributed by atoms with Gasteiger partial charge in [0.1, 0.15) is 17.9 Å². The summed E-state index contributed by atoms with van der Waals surface area (Å²) in [6.45, 7) is 0.839. The summed E-state index contributed by atoms with van der Waals surface area (Å²) in [5.74, 6) is 0.357. The number of ether oxygens (including phenoxy) is 2. The van der Waals surface area contributed by atoms with Crippen LogP contribution in [0.3, 0.4) is 0 Å². The van der Waals surface area contributed by atoms with Crippen molar-refractivity contribution in [1.29, 1.82) is 0 Å². The summed E-state index contributed by atoms with van der Waals surface area (Å²) in [6, 6.07) is 0. The van der Waals surface area contributed by atoms with E-state index in [9.17, 15) is 0 Å². The third-order valence-electron chi connectivity index (χ3n) is 2.79. The van der Waals surface area contributed by atoms with Crippen molar-refractivity contribution < 1.29 is 14.6 Å². The normalized spacial score (nSPS) is 23.8. The van der Waals surface area contributed by atoms with Crippen LogP contribution >= 0.6 is 0 Å². The molecular formula is C10H13N5O3. The maximum atomic E-state index is 8.91. The van der Waals surface area contributed by atoms with Gasteiger partial charge in [0, 0.05) is 0 Å². The summed E-state index contributed by atoms with van der Waals surface area (Å²) in [4.78, 5) is 12.2. The molecule has 96 valence electrons. The number of nitrogen functional groups attached to an aromatic ring is 1. The maximum absolute atomic E-state index is 8.91. The highest BCUT2D eigenvalue weighted by atomic mass is 16.7. The van der Waals surface area contributed by atoms with Gasteiger partial charge in [0.15, 0.2) is 17.8 Å². The van der Waals surface area contributed by atoms with E-state index in [0.717, 1.165) is 0 Å². The lowest BCUT2D eigenvalue weighted by molar-refractivity contribution is -0.0891. The molecule has 8 heteroatoms. The number of aromatic nitrogens is 4. The number of hydrogen-bond acceptors (Lipinski definition) is 7. The lowest BCUT2D eigenvalue weighted by atomic mass is 10.4. The molecular weight excluding hydrogens is 238 g/mol. The van der Waals surface area contributed by atoms with Gasteiger partial charge in [-0.2, -0.15) is 0 Å². The quantitative estimate of drug-likeness (QED) is 0.730. The fraction of sp³-hybridized carbons (Fsp3) is 0.500. The first kappa shape index (κ1) is 11.3. The van der Waals surface area contributed by atoms with E-state index in [0.29, 0.717) is 30.1 Å². The zero-order chi connectivity index (χ0) is 12.5. The van der Waals surface area contributed by atoms with Crippen LogP contribution in [0.15, 0.2) is 12.7 Å². The van der Waals surface area contributed by atoms with Crippen LogP contribution in [-0.2, 0) is 16.0 Å². The molecule has 8 nitrogen and oxygen atoms in total. The number of aliphatic hydroxyl groups excluding tert-OH is 1. The van der Waals surface area contributed by atoms with Gasteiger partial charge in [-0.3, -0.25) is 0 Å². The fourth-order valence-corrected chi connectivity index (χ4v) is 1.95. The number of anilines is 1. The Morgan fingerprint density at radius 1 is 1.44 bits per heavy atom. The second kappa shape index (κ2) is 4.48. The Hall–Kier alpha value is -1.77. The maximum Gasteiger partial charge on any atom is 0.181 e. The Bertz CT molecular complexity index is 557. The summed E-state index contributed by atoms with van der Waals surface area (Å²) in [5, 5.41) is 8.91. The van der Waals surface area contributed by atoms with Crippen LogP contribution in [0.1, 0.15) is 0 Å². The molecule has 3 N–H and O–H groups in total. The van der Waals surface area contributed by atoms with Gasteiger partial charge in [-0.1, -0.05) is 0 Å². The Balaban J connectivity index is 1.81. The van der Waals surface area contributed by atoms with Crippen LogP contribution in [0.2, 0.25) is 0 Å². The minimum atomic E-state index is -0.538. The Morgan fingerprint density at radius 2 is 2.33 bits per heavy atom. The molecule has 1 saturated heterocycles. The van der Waals surface area contributed by atoms with E-state index in [4.69, 9.17) is 20.3 Å².